The molecule has 0 bridgehead atoms. The molecule has 0 aliphatic rings. The van der Waals surface area contributed by atoms with Crippen molar-refractivity contribution in [1.29, 1.82) is 0 Å². The number of hydrogen-bond donors (Lipinski definition) is 2. The molecule has 2 rings (SSSR count). The number of sulfonamides is 1. The van der Waals surface area contributed by atoms with Crippen molar-refractivity contribution in [2.24, 2.45) is 0 Å². The highest BCUT2D eigenvalue weighted by Crippen LogP contribution is 2.20. The summed E-state index contributed by atoms with van der Waals surface area (Å²) in [6.45, 7) is 7.67. The van der Waals surface area contributed by atoms with Gasteiger partial charge in [-0.25, -0.2) is 13.2 Å². The SMILES string of the molecule is CCCCOC(=O)c1ccc(NS(=O)(=O)c2ccc(O[C@@H](C)C(=O)NC(C)C)cc2)cc1. The molecule has 0 spiro atoms. The summed E-state index contributed by atoms with van der Waals surface area (Å²) >= 11 is 0. The fourth-order valence-corrected chi connectivity index (χ4v) is 3.70. The van der Waals surface area contributed by atoms with Gasteiger partial charge in [0.2, 0.25) is 0 Å². The Balaban J connectivity index is 2.00. The summed E-state index contributed by atoms with van der Waals surface area (Å²) < 4.78 is 38.5. The maximum absolute atomic E-state index is 12.7. The molecule has 2 N–H and O–H groups in total. The van der Waals surface area contributed by atoms with E-state index in [-0.39, 0.29) is 16.8 Å². The number of ether oxygens (including phenoxy) is 2. The average molecular weight is 463 g/mol. The number of carbonyl (C=O) groups is 2. The van der Waals surface area contributed by atoms with E-state index in [0.29, 0.717) is 23.6 Å². The summed E-state index contributed by atoms with van der Waals surface area (Å²) in [6.07, 6.45) is 0.996. The van der Waals surface area contributed by atoms with E-state index in [1.54, 1.807) is 6.92 Å². The number of esters is 1. The Morgan fingerprint density at radius 2 is 1.59 bits per heavy atom. The third kappa shape index (κ3) is 7.56. The standard InChI is InChI=1S/C23H30N2O6S/c1-5-6-15-30-23(27)18-7-9-19(10-8-18)25-32(28,29)21-13-11-20(12-14-21)31-17(4)22(26)24-16(2)3/h7-14,16-17,25H,5-6,15H2,1-4H3,(H,24,26)/t17-/m0/s1. The van der Waals surface area contributed by atoms with E-state index < -0.39 is 22.1 Å². The molecule has 1 atom stereocenters. The summed E-state index contributed by atoms with van der Waals surface area (Å²) in [6, 6.07) is 11.8. The quantitative estimate of drug-likeness (QED) is 0.389. The van der Waals surface area contributed by atoms with Gasteiger partial charge >= 0.3 is 5.97 Å². The third-order valence-corrected chi connectivity index (χ3v) is 5.75. The van der Waals surface area contributed by atoms with Gasteiger partial charge in [0, 0.05) is 11.7 Å². The lowest BCUT2D eigenvalue weighted by Crippen LogP contribution is -2.40. The summed E-state index contributed by atoms with van der Waals surface area (Å²) in [4.78, 5) is 23.9. The van der Waals surface area contributed by atoms with Crippen molar-refractivity contribution in [2.45, 2.75) is 57.6 Å². The second-order valence-corrected chi connectivity index (χ2v) is 9.25. The highest BCUT2D eigenvalue weighted by molar-refractivity contribution is 7.92. The van der Waals surface area contributed by atoms with Gasteiger partial charge in [-0.2, -0.15) is 0 Å². The van der Waals surface area contributed by atoms with Gasteiger partial charge < -0.3 is 14.8 Å². The fraction of sp³-hybridized carbons (Fsp3) is 0.391. The minimum atomic E-state index is -3.84. The molecule has 0 unspecified atom stereocenters. The zero-order valence-electron chi connectivity index (χ0n) is 18.8. The number of carbonyl (C=O) groups excluding carboxylic acids is 2. The number of hydrogen-bond acceptors (Lipinski definition) is 6. The van der Waals surface area contributed by atoms with Crippen LogP contribution in [0.25, 0.3) is 0 Å². The van der Waals surface area contributed by atoms with Crippen molar-refractivity contribution in [3.8, 4) is 5.75 Å². The van der Waals surface area contributed by atoms with Gasteiger partial charge in [-0.3, -0.25) is 9.52 Å². The van der Waals surface area contributed by atoms with Crippen LogP contribution in [0.1, 0.15) is 50.9 Å². The maximum Gasteiger partial charge on any atom is 0.338 e. The molecule has 2 aromatic carbocycles. The number of rotatable bonds is 11. The minimum absolute atomic E-state index is 0.00656. The topological polar surface area (TPSA) is 111 Å². The van der Waals surface area contributed by atoms with E-state index in [1.807, 2.05) is 20.8 Å². The molecule has 0 radical (unpaired) electrons. The van der Waals surface area contributed by atoms with Gasteiger partial charge in [0.05, 0.1) is 17.1 Å². The number of nitrogens with one attached hydrogen (secondary N) is 2. The molecule has 0 heterocycles. The van der Waals surface area contributed by atoms with Crippen LogP contribution < -0.4 is 14.8 Å². The molecule has 1 amide bonds. The van der Waals surface area contributed by atoms with Crippen molar-refractivity contribution in [1.82, 2.24) is 5.32 Å². The summed E-state index contributed by atoms with van der Waals surface area (Å²) in [7, 11) is -3.84. The van der Waals surface area contributed by atoms with E-state index in [1.165, 1.54) is 48.5 Å². The van der Waals surface area contributed by atoms with Crippen molar-refractivity contribution in [3.63, 3.8) is 0 Å². The lowest BCUT2D eigenvalue weighted by Gasteiger charge is -2.16. The van der Waals surface area contributed by atoms with E-state index in [4.69, 9.17) is 9.47 Å². The van der Waals surface area contributed by atoms with E-state index in [0.717, 1.165) is 12.8 Å². The van der Waals surface area contributed by atoms with E-state index >= 15 is 0 Å². The van der Waals surface area contributed by atoms with Crippen molar-refractivity contribution >= 4 is 27.6 Å². The number of benzene rings is 2. The summed E-state index contributed by atoms with van der Waals surface area (Å²) in [5.41, 5.74) is 0.663. The second kappa shape index (κ2) is 11.5. The molecular weight excluding hydrogens is 432 g/mol. The van der Waals surface area contributed by atoms with Crippen LogP contribution in [0.2, 0.25) is 0 Å². The molecule has 0 fully saturated rings. The van der Waals surface area contributed by atoms with Gasteiger partial charge in [0.25, 0.3) is 15.9 Å². The zero-order chi connectivity index (χ0) is 23.7. The van der Waals surface area contributed by atoms with Crippen LogP contribution in [0, 0.1) is 0 Å². The predicted molar refractivity (Wildman–Crippen MR) is 122 cm³/mol. The lowest BCUT2D eigenvalue weighted by atomic mass is 10.2. The highest BCUT2D eigenvalue weighted by atomic mass is 32.2. The summed E-state index contributed by atoms with van der Waals surface area (Å²) in [5, 5.41) is 2.75. The molecule has 0 saturated heterocycles. The van der Waals surface area contributed by atoms with E-state index in [9.17, 15) is 18.0 Å². The van der Waals surface area contributed by atoms with Gasteiger partial charge in [-0.05, 0) is 75.7 Å². The van der Waals surface area contributed by atoms with Crippen LogP contribution in [0.15, 0.2) is 53.4 Å². The molecule has 0 aliphatic carbocycles. The molecule has 8 nitrogen and oxygen atoms in total. The molecule has 32 heavy (non-hydrogen) atoms. The van der Waals surface area contributed by atoms with Gasteiger partial charge in [-0.1, -0.05) is 13.3 Å². The zero-order valence-corrected chi connectivity index (χ0v) is 19.6. The van der Waals surface area contributed by atoms with E-state index in [2.05, 4.69) is 10.0 Å². The molecule has 0 saturated carbocycles. The normalized spacial score (nSPS) is 12.2. The Labute approximate surface area is 189 Å². The lowest BCUT2D eigenvalue weighted by molar-refractivity contribution is -0.127. The molecule has 9 heteroatoms. The van der Waals surface area contributed by atoms with Crippen molar-refractivity contribution in [2.75, 3.05) is 11.3 Å². The number of amides is 1. The first-order chi connectivity index (χ1) is 15.1. The molecule has 0 aliphatic heterocycles. The smallest absolute Gasteiger partial charge is 0.338 e. The predicted octanol–water partition coefficient (Wildman–Crippen LogP) is 3.74. The Hall–Kier alpha value is -3.07. The number of anilines is 1. The van der Waals surface area contributed by atoms with Crippen LogP contribution in [0.4, 0.5) is 5.69 Å². The highest BCUT2D eigenvalue weighted by Gasteiger charge is 2.18. The average Bonchev–Trinajstić information content (AvgIpc) is 2.74. The largest absolute Gasteiger partial charge is 0.481 e. The monoisotopic (exact) mass is 462 g/mol. The van der Waals surface area contributed by atoms with Crippen molar-refractivity contribution in [3.05, 3.63) is 54.1 Å². The molecule has 174 valence electrons. The second-order valence-electron chi connectivity index (χ2n) is 7.57. The van der Waals surface area contributed by atoms with Crippen LogP contribution in [0.5, 0.6) is 5.75 Å². The first kappa shape index (κ1) is 25.2. The van der Waals surface area contributed by atoms with Crippen LogP contribution >= 0.6 is 0 Å². The summed E-state index contributed by atoms with van der Waals surface area (Å²) in [5.74, 6) is -0.322. The molecule has 2 aromatic rings. The van der Waals surface area contributed by atoms with Crippen LogP contribution in [0.3, 0.4) is 0 Å². The fourth-order valence-electron chi connectivity index (χ4n) is 2.64. The van der Waals surface area contributed by atoms with Gasteiger partial charge in [0.1, 0.15) is 5.75 Å². The first-order valence-electron chi connectivity index (χ1n) is 10.5. The Morgan fingerprint density at radius 1 is 0.969 bits per heavy atom. The third-order valence-electron chi connectivity index (χ3n) is 4.35. The Morgan fingerprint density at radius 3 is 2.16 bits per heavy atom. The molecule has 0 aromatic heterocycles. The Kier molecular flexibility index (Phi) is 9.07. The maximum atomic E-state index is 12.7. The van der Waals surface area contributed by atoms with Crippen molar-refractivity contribution < 1.29 is 27.5 Å². The molecular formula is C23H30N2O6S. The number of unbranched alkanes of at least 4 members (excludes halogenated alkanes) is 1. The Bertz CT molecular complexity index is 1000. The van der Waals surface area contributed by atoms with Crippen LogP contribution in [-0.2, 0) is 19.6 Å². The minimum Gasteiger partial charge on any atom is -0.481 e. The first-order valence-corrected chi connectivity index (χ1v) is 12.0. The van der Waals surface area contributed by atoms with Gasteiger partial charge in [0.15, 0.2) is 6.10 Å². The van der Waals surface area contributed by atoms with Gasteiger partial charge in [-0.15, -0.1) is 0 Å². The van der Waals surface area contributed by atoms with Crippen LogP contribution in [-0.4, -0.2) is 39.0 Å².